The molecule has 1 rings (SSSR count). The van der Waals surface area contributed by atoms with Crippen LogP contribution in [0.3, 0.4) is 0 Å². The van der Waals surface area contributed by atoms with Crippen molar-refractivity contribution < 1.29 is 9.53 Å². The molecule has 0 aliphatic heterocycles. The van der Waals surface area contributed by atoms with Gasteiger partial charge in [0.2, 0.25) is 0 Å². The first kappa shape index (κ1) is 15.5. The summed E-state index contributed by atoms with van der Waals surface area (Å²) in [6.07, 6.45) is 1.23. The number of ether oxygens (including phenoxy) is 1. The third-order valence-corrected chi connectivity index (χ3v) is 2.77. The summed E-state index contributed by atoms with van der Waals surface area (Å²) in [4.78, 5) is 19.5. The number of aromatic nitrogens is 2. The van der Waals surface area contributed by atoms with E-state index in [0.29, 0.717) is 0 Å². The molecule has 0 unspecified atom stereocenters. The number of hydrogen-bond donors (Lipinski definition) is 2. The fraction of sp³-hybridized carbons (Fsp3) is 0.714. The summed E-state index contributed by atoms with van der Waals surface area (Å²) in [6.45, 7) is 11.6. The molecule has 0 aliphatic carbocycles. The van der Waals surface area contributed by atoms with E-state index in [2.05, 4.69) is 22.2 Å². The number of carbonyl (C=O) groups excluding carboxylic acids is 1. The number of alkyl carbamates (subject to hydrolysis) is 1. The summed E-state index contributed by atoms with van der Waals surface area (Å²) in [5.41, 5.74) is 1.61. The quantitative estimate of drug-likeness (QED) is 0.880. The summed E-state index contributed by atoms with van der Waals surface area (Å²) >= 11 is 0. The average Bonchev–Trinajstić information content (AvgIpc) is 2.65. The van der Waals surface area contributed by atoms with E-state index in [4.69, 9.17) is 4.74 Å². The molecule has 0 fully saturated rings. The van der Waals surface area contributed by atoms with Crippen LogP contribution in [0, 0.1) is 6.92 Å². The monoisotopic (exact) mass is 267 g/mol. The van der Waals surface area contributed by atoms with Crippen molar-refractivity contribution in [2.45, 2.75) is 66.0 Å². The van der Waals surface area contributed by atoms with Gasteiger partial charge in [-0.05, 0) is 40.5 Å². The molecule has 5 heteroatoms. The van der Waals surface area contributed by atoms with Crippen molar-refractivity contribution in [1.82, 2.24) is 15.3 Å². The van der Waals surface area contributed by atoms with Gasteiger partial charge in [-0.1, -0.05) is 13.8 Å². The number of H-pyrrole nitrogens is 1. The third-order valence-electron chi connectivity index (χ3n) is 2.77. The van der Waals surface area contributed by atoms with Gasteiger partial charge in [-0.25, -0.2) is 9.78 Å². The number of amides is 1. The average molecular weight is 267 g/mol. The van der Waals surface area contributed by atoms with Crippen LogP contribution >= 0.6 is 0 Å². The van der Waals surface area contributed by atoms with Crippen LogP contribution in [-0.4, -0.2) is 21.7 Å². The van der Waals surface area contributed by atoms with Crippen molar-refractivity contribution in [2.75, 3.05) is 0 Å². The fourth-order valence-corrected chi connectivity index (χ4v) is 1.84. The van der Waals surface area contributed by atoms with E-state index < -0.39 is 11.7 Å². The minimum absolute atomic E-state index is 0.145. The molecule has 0 radical (unpaired) electrons. The van der Waals surface area contributed by atoms with Gasteiger partial charge >= 0.3 is 6.09 Å². The molecule has 0 spiro atoms. The predicted molar refractivity (Wildman–Crippen MR) is 75.1 cm³/mol. The zero-order chi connectivity index (χ0) is 14.6. The molecule has 0 aliphatic rings. The Morgan fingerprint density at radius 3 is 2.47 bits per heavy atom. The normalized spacial score (nSPS) is 13.2. The Kier molecular flexibility index (Phi) is 4.97. The second-order valence-electron chi connectivity index (χ2n) is 5.65. The second-order valence-corrected chi connectivity index (χ2v) is 5.65. The highest BCUT2D eigenvalue weighted by Gasteiger charge is 2.21. The van der Waals surface area contributed by atoms with Crippen LogP contribution < -0.4 is 5.32 Å². The summed E-state index contributed by atoms with van der Waals surface area (Å²) in [7, 11) is 0. The van der Waals surface area contributed by atoms with Crippen LogP contribution in [0.2, 0.25) is 0 Å². The molecule has 2 N–H and O–H groups in total. The number of imidazole rings is 1. The first-order valence-electron chi connectivity index (χ1n) is 6.81. The highest BCUT2D eigenvalue weighted by atomic mass is 16.6. The zero-order valence-corrected chi connectivity index (χ0v) is 12.8. The number of rotatable bonds is 4. The molecular formula is C14H25N3O2. The van der Waals surface area contributed by atoms with E-state index in [9.17, 15) is 4.79 Å². The molecule has 0 aromatic carbocycles. The lowest BCUT2D eigenvalue weighted by Gasteiger charge is -2.22. The van der Waals surface area contributed by atoms with E-state index in [-0.39, 0.29) is 6.04 Å². The van der Waals surface area contributed by atoms with Gasteiger partial charge in [-0.15, -0.1) is 0 Å². The Labute approximate surface area is 115 Å². The first-order chi connectivity index (χ1) is 8.76. The number of carbonyl (C=O) groups is 1. The number of aryl methyl sites for hydroxylation is 2. The molecule has 108 valence electrons. The van der Waals surface area contributed by atoms with E-state index >= 15 is 0 Å². The summed E-state index contributed by atoms with van der Waals surface area (Å²) in [5.74, 6) is 0.794. The molecule has 0 saturated carbocycles. The van der Waals surface area contributed by atoms with Crippen molar-refractivity contribution in [2.24, 2.45) is 0 Å². The Morgan fingerprint density at radius 1 is 1.42 bits per heavy atom. The Hall–Kier alpha value is -1.52. The molecule has 1 atom stereocenters. The lowest BCUT2D eigenvalue weighted by molar-refractivity contribution is 0.0500. The summed E-state index contributed by atoms with van der Waals surface area (Å²) < 4.78 is 5.26. The molecule has 1 heterocycles. The maximum absolute atomic E-state index is 11.8. The van der Waals surface area contributed by atoms with Gasteiger partial charge in [0.15, 0.2) is 0 Å². The fourth-order valence-electron chi connectivity index (χ4n) is 1.84. The van der Waals surface area contributed by atoms with Crippen LogP contribution in [0.1, 0.15) is 64.3 Å². The van der Waals surface area contributed by atoms with Crippen molar-refractivity contribution in [3.05, 3.63) is 17.2 Å². The molecule has 1 aromatic heterocycles. The lowest BCUT2D eigenvalue weighted by atomic mass is 10.2. The standard InChI is InChI=1S/C14H25N3O2/c1-7-10-9(3)15-12(16-10)11(8-2)17-13(18)19-14(4,5)6/h11H,7-8H2,1-6H3,(H,15,16)(H,17,18)/t11-/m0/s1. The maximum Gasteiger partial charge on any atom is 0.408 e. The molecule has 5 nitrogen and oxygen atoms in total. The molecule has 0 bridgehead atoms. The molecule has 1 amide bonds. The van der Waals surface area contributed by atoms with Gasteiger partial charge in [-0.3, -0.25) is 0 Å². The SMILES string of the molecule is CCc1nc([C@H](CC)NC(=O)OC(C)(C)C)[nH]c1C. The van der Waals surface area contributed by atoms with Crippen LogP contribution in [-0.2, 0) is 11.2 Å². The minimum atomic E-state index is -0.490. The van der Waals surface area contributed by atoms with Crippen molar-refractivity contribution in [3.63, 3.8) is 0 Å². The first-order valence-corrected chi connectivity index (χ1v) is 6.81. The van der Waals surface area contributed by atoms with Gasteiger partial charge in [-0.2, -0.15) is 0 Å². The Morgan fingerprint density at radius 2 is 2.05 bits per heavy atom. The van der Waals surface area contributed by atoms with Crippen molar-refractivity contribution >= 4 is 6.09 Å². The second kappa shape index (κ2) is 6.08. The molecule has 0 saturated heterocycles. The number of nitrogens with zero attached hydrogens (tertiary/aromatic N) is 1. The summed E-state index contributed by atoms with van der Waals surface area (Å²) in [5, 5.41) is 2.85. The van der Waals surface area contributed by atoms with E-state index in [0.717, 1.165) is 30.1 Å². The van der Waals surface area contributed by atoms with Crippen molar-refractivity contribution in [3.8, 4) is 0 Å². The highest BCUT2D eigenvalue weighted by molar-refractivity contribution is 5.68. The van der Waals surface area contributed by atoms with E-state index in [1.54, 1.807) is 0 Å². The zero-order valence-electron chi connectivity index (χ0n) is 12.8. The van der Waals surface area contributed by atoms with Crippen LogP contribution in [0.4, 0.5) is 4.79 Å². The van der Waals surface area contributed by atoms with Crippen LogP contribution in [0.25, 0.3) is 0 Å². The number of hydrogen-bond acceptors (Lipinski definition) is 3. The molecule has 19 heavy (non-hydrogen) atoms. The van der Waals surface area contributed by atoms with Crippen molar-refractivity contribution in [1.29, 1.82) is 0 Å². The largest absolute Gasteiger partial charge is 0.444 e. The lowest BCUT2D eigenvalue weighted by Crippen LogP contribution is -2.35. The third kappa shape index (κ3) is 4.58. The van der Waals surface area contributed by atoms with Gasteiger partial charge in [0, 0.05) is 5.69 Å². The topological polar surface area (TPSA) is 67.0 Å². The Bertz CT molecular complexity index is 432. The number of aromatic amines is 1. The van der Waals surface area contributed by atoms with Gasteiger partial charge < -0.3 is 15.0 Å². The van der Waals surface area contributed by atoms with E-state index in [1.807, 2.05) is 34.6 Å². The van der Waals surface area contributed by atoms with Gasteiger partial charge in [0.1, 0.15) is 11.4 Å². The molecular weight excluding hydrogens is 242 g/mol. The Balaban J connectivity index is 2.75. The van der Waals surface area contributed by atoms with Gasteiger partial charge in [0.05, 0.1) is 11.7 Å². The minimum Gasteiger partial charge on any atom is -0.444 e. The van der Waals surface area contributed by atoms with Crippen LogP contribution in [0.15, 0.2) is 0 Å². The smallest absolute Gasteiger partial charge is 0.408 e. The van der Waals surface area contributed by atoms with Crippen LogP contribution in [0.5, 0.6) is 0 Å². The predicted octanol–water partition coefficient (Wildman–Crippen LogP) is 3.26. The molecule has 1 aromatic rings. The van der Waals surface area contributed by atoms with Gasteiger partial charge in [0.25, 0.3) is 0 Å². The van der Waals surface area contributed by atoms with E-state index in [1.165, 1.54) is 0 Å². The maximum atomic E-state index is 11.8. The highest BCUT2D eigenvalue weighted by Crippen LogP contribution is 2.17. The number of nitrogens with one attached hydrogen (secondary N) is 2. The summed E-state index contributed by atoms with van der Waals surface area (Å²) in [6, 6.07) is -0.145.